The molecule has 1 aromatic rings. The number of nitrogens with two attached hydrogens (primary N) is 1. The molecule has 0 aromatic heterocycles. The lowest BCUT2D eigenvalue weighted by Gasteiger charge is -2.28. The Labute approximate surface area is 120 Å². The second-order valence-electron chi connectivity index (χ2n) is 5.12. The zero-order valence-electron chi connectivity index (χ0n) is 11.9. The molecule has 1 aromatic carbocycles. The number of sulfonamides is 1. The predicted octanol–water partition coefficient (Wildman–Crippen LogP) is 2.90. The van der Waals surface area contributed by atoms with E-state index in [0.29, 0.717) is 16.3 Å². The molecule has 19 heavy (non-hydrogen) atoms. The van der Waals surface area contributed by atoms with Gasteiger partial charge in [-0.2, -0.15) is 4.31 Å². The lowest BCUT2D eigenvalue weighted by Crippen LogP contribution is -2.38. The summed E-state index contributed by atoms with van der Waals surface area (Å²) in [5.41, 5.74) is 6.71. The van der Waals surface area contributed by atoms with Crippen molar-refractivity contribution in [2.75, 3.05) is 12.8 Å². The van der Waals surface area contributed by atoms with Crippen LogP contribution in [0.5, 0.6) is 0 Å². The fraction of sp³-hybridized carbons (Fsp3) is 0.538. The molecule has 0 bridgehead atoms. The third kappa shape index (κ3) is 3.22. The van der Waals surface area contributed by atoms with E-state index in [4.69, 9.17) is 17.3 Å². The highest BCUT2D eigenvalue weighted by atomic mass is 35.5. The van der Waals surface area contributed by atoms with Gasteiger partial charge in [-0.15, -0.1) is 0 Å². The van der Waals surface area contributed by atoms with E-state index < -0.39 is 10.0 Å². The molecule has 0 aliphatic rings. The van der Waals surface area contributed by atoms with E-state index in [1.165, 1.54) is 10.4 Å². The minimum Gasteiger partial charge on any atom is -0.398 e. The third-order valence-corrected chi connectivity index (χ3v) is 5.85. The van der Waals surface area contributed by atoms with Crippen LogP contribution in [0, 0.1) is 12.8 Å². The second kappa shape index (κ2) is 5.69. The highest BCUT2D eigenvalue weighted by Crippen LogP contribution is 2.29. The van der Waals surface area contributed by atoms with Crippen molar-refractivity contribution in [1.82, 2.24) is 4.31 Å². The zero-order valence-corrected chi connectivity index (χ0v) is 13.5. The van der Waals surface area contributed by atoms with Gasteiger partial charge in [0.25, 0.3) is 0 Å². The van der Waals surface area contributed by atoms with E-state index in [2.05, 4.69) is 0 Å². The molecule has 0 aliphatic carbocycles. The first-order valence-corrected chi connectivity index (χ1v) is 7.94. The van der Waals surface area contributed by atoms with Gasteiger partial charge in [-0.05, 0) is 37.5 Å². The summed E-state index contributed by atoms with van der Waals surface area (Å²) in [6.07, 6.45) is 0. The van der Waals surface area contributed by atoms with Gasteiger partial charge in [0.15, 0.2) is 0 Å². The van der Waals surface area contributed by atoms with E-state index >= 15 is 0 Å². The number of anilines is 1. The van der Waals surface area contributed by atoms with Crippen LogP contribution in [0.2, 0.25) is 5.02 Å². The Bertz CT molecular complexity index is 570. The molecule has 0 fully saturated rings. The normalized spacial score (nSPS) is 14.1. The van der Waals surface area contributed by atoms with Crippen LogP contribution in [-0.4, -0.2) is 25.8 Å². The van der Waals surface area contributed by atoms with Crippen molar-refractivity contribution >= 4 is 27.3 Å². The number of rotatable bonds is 4. The zero-order chi connectivity index (χ0) is 15.0. The molecule has 6 heteroatoms. The smallest absolute Gasteiger partial charge is 0.243 e. The first kappa shape index (κ1) is 16.3. The number of hydrogen-bond acceptors (Lipinski definition) is 3. The first-order valence-electron chi connectivity index (χ1n) is 6.12. The molecule has 0 radical (unpaired) electrons. The maximum absolute atomic E-state index is 12.6. The van der Waals surface area contributed by atoms with Crippen molar-refractivity contribution in [3.05, 3.63) is 22.7 Å². The Balaban J connectivity index is 3.36. The number of benzene rings is 1. The van der Waals surface area contributed by atoms with Crippen LogP contribution in [0.15, 0.2) is 17.0 Å². The molecule has 0 heterocycles. The molecule has 0 spiro atoms. The van der Waals surface area contributed by atoms with E-state index in [9.17, 15) is 8.42 Å². The van der Waals surface area contributed by atoms with Crippen LogP contribution in [0.4, 0.5) is 5.69 Å². The summed E-state index contributed by atoms with van der Waals surface area (Å²) in [5, 5.41) is 0.326. The van der Waals surface area contributed by atoms with Crippen LogP contribution in [-0.2, 0) is 10.0 Å². The van der Waals surface area contributed by atoms with Crippen molar-refractivity contribution in [2.45, 2.75) is 38.6 Å². The van der Waals surface area contributed by atoms with E-state index in [1.54, 1.807) is 20.0 Å². The van der Waals surface area contributed by atoms with Gasteiger partial charge in [-0.25, -0.2) is 8.42 Å². The monoisotopic (exact) mass is 304 g/mol. The number of nitrogens with zero attached hydrogens (tertiary/aromatic N) is 1. The van der Waals surface area contributed by atoms with Crippen molar-refractivity contribution in [3.63, 3.8) is 0 Å². The van der Waals surface area contributed by atoms with Crippen molar-refractivity contribution in [1.29, 1.82) is 0 Å². The fourth-order valence-electron chi connectivity index (χ4n) is 1.74. The largest absolute Gasteiger partial charge is 0.398 e. The van der Waals surface area contributed by atoms with Crippen LogP contribution in [0.1, 0.15) is 26.3 Å². The quantitative estimate of drug-likeness (QED) is 0.870. The highest BCUT2D eigenvalue weighted by Gasteiger charge is 2.29. The summed E-state index contributed by atoms with van der Waals surface area (Å²) in [6.45, 7) is 7.53. The summed E-state index contributed by atoms with van der Waals surface area (Å²) in [7, 11) is -2.01. The molecule has 0 saturated heterocycles. The maximum atomic E-state index is 12.6. The summed E-state index contributed by atoms with van der Waals surface area (Å²) in [5.74, 6) is 0.219. The van der Waals surface area contributed by atoms with Gasteiger partial charge in [0, 0.05) is 23.8 Å². The second-order valence-corrected chi connectivity index (χ2v) is 7.53. The Hall–Kier alpha value is -0.780. The van der Waals surface area contributed by atoms with E-state index in [-0.39, 0.29) is 16.9 Å². The minimum atomic E-state index is -3.59. The number of halogens is 1. The average molecular weight is 305 g/mol. The van der Waals surface area contributed by atoms with Crippen LogP contribution in [0.25, 0.3) is 0 Å². The Morgan fingerprint density at radius 1 is 1.26 bits per heavy atom. The number of hydrogen-bond donors (Lipinski definition) is 1. The lowest BCUT2D eigenvalue weighted by molar-refractivity contribution is 0.315. The first-order chi connectivity index (χ1) is 8.59. The van der Waals surface area contributed by atoms with Gasteiger partial charge < -0.3 is 5.73 Å². The van der Waals surface area contributed by atoms with Crippen molar-refractivity contribution in [3.8, 4) is 0 Å². The Kier molecular flexibility index (Phi) is 4.87. The lowest BCUT2D eigenvalue weighted by atomic mass is 10.1. The molecule has 1 rings (SSSR count). The molecule has 0 aliphatic heterocycles. The molecule has 0 amide bonds. The van der Waals surface area contributed by atoms with Gasteiger partial charge in [0.2, 0.25) is 10.0 Å². The summed E-state index contributed by atoms with van der Waals surface area (Å²) < 4.78 is 26.6. The molecule has 1 unspecified atom stereocenters. The molecule has 1 atom stereocenters. The minimum absolute atomic E-state index is 0.107. The van der Waals surface area contributed by atoms with E-state index in [0.717, 1.165) is 0 Å². The van der Waals surface area contributed by atoms with Crippen molar-refractivity contribution < 1.29 is 8.42 Å². The Morgan fingerprint density at radius 2 is 1.79 bits per heavy atom. The summed E-state index contributed by atoms with van der Waals surface area (Å²) >= 11 is 5.91. The topological polar surface area (TPSA) is 63.4 Å². The average Bonchev–Trinajstić information content (AvgIpc) is 2.31. The molecule has 2 N–H and O–H groups in total. The van der Waals surface area contributed by atoms with Gasteiger partial charge >= 0.3 is 0 Å². The SMILES string of the molecule is Cc1c(N)cc(Cl)cc1S(=O)(=O)N(C)C(C)C(C)C. The van der Waals surface area contributed by atoms with Crippen LogP contribution < -0.4 is 5.73 Å². The number of nitrogen functional groups attached to an aromatic ring is 1. The predicted molar refractivity (Wildman–Crippen MR) is 79.9 cm³/mol. The van der Waals surface area contributed by atoms with Gasteiger partial charge in [-0.3, -0.25) is 0 Å². The Morgan fingerprint density at radius 3 is 2.26 bits per heavy atom. The molecular formula is C13H21ClN2O2S. The van der Waals surface area contributed by atoms with Gasteiger partial charge in [0.1, 0.15) is 0 Å². The van der Waals surface area contributed by atoms with Gasteiger partial charge in [0.05, 0.1) is 4.90 Å². The standard InChI is InChI=1S/C13H21ClN2O2S/c1-8(2)10(4)16(5)19(17,18)13-7-11(14)6-12(15)9(13)3/h6-8,10H,15H2,1-5H3. The summed E-state index contributed by atoms with van der Waals surface area (Å²) in [4.78, 5) is 0.174. The third-order valence-electron chi connectivity index (χ3n) is 3.56. The van der Waals surface area contributed by atoms with E-state index in [1.807, 2.05) is 20.8 Å². The van der Waals surface area contributed by atoms with Crippen LogP contribution in [0.3, 0.4) is 0 Å². The van der Waals surface area contributed by atoms with Crippen molar-refractivity contribution in [2.24, 2.45) is 5.92 Å². The molecule has 0 saturated carbocycles. The maximum Gasteiger partial charge on any atom is 0.243 e. The summed E-state index contributed by atoms with van der Waals surface area (Å²) in [6, 6.07) is 2.90. The van der Waals surface area contributed by atoms with Gasteiger partial charge in [-0.1, -0.05) is 25.4 Å². The molecular weight excluding hydrogens is 284 g/mol. The molecule has 108 valence electrons. The van der Waals surface area contributed by atoms with Crippen LogP contribution >= 0.6 is 11.6 Å². The highest BCUT2D eigenvalue weighted by molar-refractivity contribution is 7.89. The fourth-order valence-corrected chi connectivity index (χ4v) is 3.80. The molecule has 4 nitrogen and oxygen atoms in total.